The summed E-state index contributed by atoms with van der Waals surface area (Å²) in [5.74, 6) is 0.445. The van der Waals surface area contributed by atoms with Gasteiger partial charge in [-0.1, -0.05) is 19.8 Å². The molecule has 2 heterocycles. The maximum atomic E-state index is 13.0. The Morgan fingerprint density at radius 2 is 2.00 bits per heavy atom. The van der Waals surface area contributed by atoms with Crippen LogP contribution in [0, 0.1) is 5.41 Å². The molecule has 1 unspecified atom stereocenters. The third kappa shape index (κ3) is 2.71. The lowest BCUT2D eigenvalue weighted by molar-refractivity contribution is -0.146. The monoisotopic (exact) mass is 252 g/mol. The first kappa shape index (κ1) is 13.9. The largest absolute Gasteiger partial charge is 0.340 e. The quantitative estimate of drug-likeness (QED) is 0.819. The minimum atomic E-state index is -0.0656. The van der Waals surface area contributed by atoms with Crippen LogP contribution in [-0.4, -0.2) is 36.5 Å². The van der Waals surface area contributed by atoms with Crippen LogP contribution < -0.4 is 5.32 Å². The highest BCUT2D eigenvalue weighted by atomic mass is 16.2. The van der Waals surface area contributed by atoms with Crippen LogP contribution in [0.15, 0.2) is 0 Å². The van der Waals surface area contributed by atoms with Crippen LogP contribution in [0.5, 0.6) is 0 Å². The number of amides is 1. The minimum absolute atomic E-state index is 0.0656. The smallest absolute Gasteiger partial charge is 0.229 e. The molecule has 3 heteroatoms. The predicted octanol–water partition coefficient (Wildman–Crippen LogP) is 2.56. The summed E-state index contributed by atoms with van der Waals surface area (Å²) in [6.07, 6.45) is 7.98. The molecule has 104 valence electrons. The fourth-order valence-electron chi connectivity index (χ4n) is 3.51. The molecule has 0 aromatic rings. The van der Waals surface area contributed by atoms with Crippen molar-refractivity contribution in [3.8, 4) is 0 Å². The van der Waals surface area contributed by atoms with Crippen LogP contribution in [-0.2, 0) is 4.79 Å². The van der Waals surface area contributed by atoms with Crippen LogP contribution in [0.25, 0.3) is 0 Å². The van der Waals surface area contributed by atoms with Crippen molar-refractivity contribution in [2.24, 2.45) is 5.41 Å². The van der Waals surface area contributed by atoms with E-state index in [9.17, 15) is 4.79 Å². The van der Waals surface area contributed by atoms with Crippen LogP contribution in [0.4, 0.5) is 0 Å². The number of nitrogens with zero attached hydrogens (tertiary/aromatic N) is 1. The Kier molecular flexibility index (Phi) is 4.66. The normalized spacial score (nSPS) is 28.8. The van der Waals surface area contributed by atoms with E-state index < -0.39 is 0 Å². The average Bonchev–Trinajstić information content (AvgIpc) is 2.63. The van der Waals surface area contributed by atoms with Crippen molar-refractivity contribution >= 4 is 5.91 Å². The summed E-state index contributed by atoms with van der Waals surface area (Å²) in [6, 6.07) is 0.443. The lowest BCUT2D eigenvalue weighted by Crippen LogP contribution is -2.51. The number of hydrogen-bond acceptors (Lipinski definition) is 2. The molecule has 2 rings (SSSR count). The molecule has 1 amide bonds. The number of likely N-dealkylation sites (tertiary alicyclic amines) is 1. The van der Waals surface area contributed by atoms with Gasteiger partial charge in [-0.3, -0.25) is 4.79 Å². The van der Waals surface area contributed by atoms with Gasteiger partial charge in [0.15, 0.2) is 0 Å². The number of carbonyl (C=O) groups excluding carboxylic acids is 1. The molecule has 0 bridgehead atoms. The Morgan fingerprint density at radius 3 is 2.67 bits per heavy atom. The third-order valence-corrected chi connectivity index (χ3v) is 5.00. The summed E-state index contributed by atoms with van der Waals surface area (Å²) in [6.45, 7) is 7.40. The maximum absolute atomic E-state index is 13.0. The van der Waals surface area contributed by atoms with Crippen molar-refractivity contribution in [1.29, 1.82) is 0 Å². The fourth-order valence-corrected chi connectivity index (χ4v) is 3.51. The molecule has 1 atom stereocenters. The number of carbonyl (C=O) groups is 1. The maximum Gasteiger partial charge on any atom is 0.229 e. The topological polar surface area (TPSA) is 32.3 Å². The number of rotatable bonds is 2. The van der Waals surface area contributed by atoms with Crippen LogP contribution in [0.2, 0.25) is 0 Å². The minimum Gasteiger partial charge on any atom is -0.340 e. The zero-order chi connectivity index (χ0) is 13.0. The Hall–Kier alpha value is -0.570. The standard InChI is InChI=1S/C15H28N2O/c1-3-15(8-10-16-11-9-15)14(18)17-12-6-4-5-7-13(17)2/h13,16H,3-12H2,1-2H3. The fraction of sp³-hybridized carbons (Fsp3) is 0.933. The number of piperidine rings is 1. The molecule has 0 saturated carbocycles. The highest BCUT2D eigenvalue weighted by Crippen LogP contribution is 2.36. The van der Waals surface area contributed by atoms with E-state index in [1.54, 1.807) is 0 Å². The second-order valence-electron chi connectivity index (χ2n) is 6.08. The Labute approximate surface area is 111 Å². The highest BCUT2D eigenvalue weighted by molar-refractivity contribution is 5.83. The summed E-state index contributed by atoms with van der Waals surface area (Å²) in [5, 5.41) is 3.38. The van der Waals surface area contributed by atoms with Crippen LogP contribution in [0.3, 0.4) is 0 Å². The van der Waals surface area contributed by atoms with Gasteiger partial charge in [0.25, 0.3) is 0 Å². The van der Waals surface area contributed by atoms with Gasteiger partial charge >= 0.3 is 0 Å². The molecule has 2 aliphatic rings. The van der Waals surface area contributed by atoms with E-state index in [1.165, 1.54) is 25.7 Å². The third-order valence-electron chi connectivity index (χ3n) is 5.00. The van der Waals surface area contributed by atoms with Gasteiger partial charge in [-0.2, -0.15) is 0 Å². The summed E-state index contributed by atoms with van der Waals surface area (Å²) >= 11 is 0. The van der Waals surface area contributed by atoms with E-state index in [-0.39, 0.29) is 5.41 Å². The second kappa shape index (κ2) is 6.05. The first-order chi connectivity index (χ1) is 8.69. The van der Waals surface area contributed by atoms with Crippen molar-refractivity contribution < 1.29 is 4.79 Å². The molecule has 0 spiro atoms. The van der Waals surface area contributed by atoms with Crippen molar-refractivity contribution in [3.05, 3.63) is 0 Å². The van der Waals surface area contributed by atoms with Gasteiger partial charge in [-0.05, 0) is 52.1 Å². The molecule has 2 fully saturated rings. The van der Waals surface area contributed by atoms with E-state index >= 15 is 0 Å². The van der Waals surface area contributed by atoms with Gasteiger partial charge in [0.2, 0.25) is 5.91 Å². The molecule has 18 heavy (non-hydrogen) atoms. The lowest BCUT2D eigenvalue weighted by Gasteiger charge is -2.41. The molecule has 3 nitrogen and oxygen atoms in total. The zero-order valence-electron chi connectivity index (χ0n) is 12.0. The molecule has 1 N–H and O–H groups in total. The summed E-state index contributed by atoms with van der Waals surface area (Å²) in [7, 11) is 0. The Morgan fingerprint density at radius 1 is 1.28 bits per heavy atom. The zero-order valence-corrected chi connectivity index (χ0v) is 12.0. The lowest BCUT2D eigenvalue weighted by atomic mass is 9.75. The first-order valence-corrected chi connectivity index (χ1v) is 7.71. The van der Waals surface area contributed by atoms with E-state index in [4.69, 9.17) is 0 Å². The highest BCUT2D eigenvalue weighted by Gasteiger charge is 2.41. The second-order valence-corrected chi connectivity index (χ2v) is 6.08. The van der Waals surface area contributed by atoms with Gasteiger partial charge in [0.05, 0.1) is 5.41 Å². The number of nitrogens with one attached hydrogen (secondary N) is 1. The molecule has 0 aromatic heterocycles. The summed E-state index contributed by atoms with van der Waals surface area (Å²) in [5.41, 5.74) is -0.0656. The van der Waals surface area contributed by atoms with Gasteiger partial charge in [-0.15, -0.1) is 0 Å². The van der Waals surface area contributed by atoms with E-state index in [0.29, 0.717) is 11.9 Å². The molecule has 0 radical (unpaired) electrons. The molecular weight excluding hydrogens is 224 g/mol. The molecular formula is C15H28N2O. The summed E-state index contributed by atoms with van der Waals surface area (Å²) < 4.78 is 0. The van der Waals surface area contributed by atoms with Gasteiger partial charge < -0.3 is 10.2 Å². The van der Waals surface area contributed by atoms with Gasteiger partial charge in [0, 0.05) is 12.6 Å². The Bertz CT molecular complexity index is 284. The Balaban J connectivity index is 2.11. The molecule has 2 aliphatic heterocycles. The van der Waals surface area contributed by atoms with Gasteiger partial charge in [0.1, 0.15) is 0 Å². The van der Waals surface area contributed by atoms with E-state index in [2.05, 4.69) is 24.1 Å². The molecule has 2 saturated heterocycles. The van der Waals surface area contributed by atoms with Crippen molar-refractivity contribution in [1.82, 2.24) is 10.2 Å². The average molecular weight is 252 g/mol. The summed E-state index contributed by atoms with van der Waals surface area (Å²) in [4.78, 5) is 15.2. The SMILES string of the molecule is CCC1(C(=O)N2CCCCCC2C)CCNCC1. The predicted molar refractivity (Wildman–Crippen MR) is 74.5 cm³/mol. The van der Waals surface area contributed by atoms with Crippen molar-refractivity contribution in [2.45, 2.75) is 64.8 Å². The van der Waals surface area contributed by atoms with E-state index in [0.717, 1.165) is 38.9 Å². The molecule has 0 aromatic carbocycles. The number of hydrogen-bond donors (Lipinski definition) is 1. The van der Waals surface area contributed by atoms with Crippen molar-refractivity contribution in [3.63, 3.8) is 0 Å². The van der Waals surface area contributed by atoms with E-state index in [1.807, 2.05) is 0 Å². The van der Waals surface area contributed by atoms with Crippen LogP contribution >= 0.6 is 0 Å². The molecule has 0 aliphatic carbocycles. The first-order valence-electron chi connectivity index (χ1n) is 7.71. The van der Waals surface area contributed by atoms with Crippen LogP contribution in [0.1, 0.15) is 58.8 Å². The van der Waals surface area contributed by atoms with Gasteiger partial charge in [-0.25, -0.2) is 0 Å². The van der Waals surface area contributed by atoms with Crippen molar-refractivity contribution in [2.75, 3.05) is 19.6 Å².